The fourth-order valence-electron chi connectivity index (χ4n) is 3.60. The van der Waals surface area contributed by atoms with Crippen molar-refractivity contribution in [1.29, 1.82) is 0 Å². The molecule has 1 amide bonds. The Balaban J connectivity index is 1.36. The number of anilines is 2. The van der Waals surface area contributed by atoms with Crippen LogP contribution in [0.1, 0.15) is 22.6 Å². The summed E-state index contributed by atoms with van der Waals surface area (Å²) in [5, 5.41) is 2.65. The average molecular weight is 383 g/mol. The molecule has 144 valence electrons. The van der Waals surface area contributed by atoms with E-state index in [4.69, 9.17) is 16.2 Å². The Morgan fingerprint density at radius 2 is 1.59 bits per heavy atom. The van der Waals surface area contributed by atoms with Gasteiger partial charge in [-0.25, -0.2) is 4.79 Å². The van der Waals surface area contributed by atoms with Gasteiger partial charge in [-0.1, -0.05) is 66.4 Å². The van der Waals surface area contributed by atoms with Crippen LogP contribution in [0.5, 0.6) is 0 Å². The Labute approximate surface area is 169 Å². The van der Waals surface area contributed by atoms with E-state index in [-0.39, 0.29) is 19.1 Å². The number of hydrogen-bond acceptors (Lipinski definition) is 4. The van der Waals surface area contributed by atoms with Gasteiger partial charge in [0.15, 0.2) is 0 Å². The van der Waals surface area contributed by atoms with Crippen molar-refractivity contribution < 1.29 is 9.53 Å². The normalized spacial score (nSPS) is 11.7. The third-order valence-electron chi connectivity index (χ3n) is 5.03. The predicted molar refractivity (Wildman–Crippen MR) is 115 cm³/mol. The molecule has 3 aromatic rings. The first kappa shape index (κ1) is 18.5. The second-order valence-corrected chi connectivity index (χ2v) is 6.79. The smallest absolute Gasteiger partial charge is 0.407 e. The monoisotopic (exact) mass is 383 g/mol. The lowest BCUT2D eigenvalue weighted by atomic mass is 9.98. The molecular weight excluding hydrogens is 362 g/mol. The van der Waals surface area contributed by atoms with Crippen molar-refractivity contribution >= 4 is 17.5 Å². The van der Waals surface area contributed by atoms with Crippen molar-refractivity contribution in [1.82, 2.24) is 5.32 Å². The van der Waals surface area contributed by atoms with E-state index in [0.717, 1.165) is 0 Å². The van der Waals surface area contributed by atoms with Gasteiger partial charge in [-0.2, -0.15) is 0 Å². The number of fused-ring (bicyclic) bond motifs is 3. The zero-order chi connectivity index (χ0) is 20.2. The minimum absolute atomic E-state index is 0.0336. The topological polar surface area (TPSA) is 90.4 Å². The molecule has 0 atom stereocenters. The first-order valence-corrected chi connectivity index (χ1v) is 9.37. The third kappa shape index (κ3) is 3.74. The maximum atomic E-state index is 12.1. The zero-order valence-corrected chi connectivity index (χ0v) is 15.8. The van der Waals surface area contributed by atoms with E-state index in [2.05, 4.69) is 41.4 Å². The van der Waals surface area contributed by atoms with Crippen molar-refractivity contribution in [2.24, 2.45) is 0 Å². The van der Waals surface area contributed by atoms with Gasteiger partial charge < -0.3 is 21.5 Å². The number of carbonyl (C=O) groups excluding carboxylic acids is 1. The summed E-state index contributed by atoms with van der Waals surface area (Å²) in [5.74, 6) is 5.80. The number of nitrogens with one attached hydrogen (secondary N) is 1. The van der Waals surface area contributed by atoms with Crippen LogP contribution in [0.25, 0.3) is 11.1 Å². The fourth-order valence-corrected chi connectivity index (χ4v) is 3.60. The highest BCUT2D eigenvalue weighted by atomic mass is 16.5. The van der Waals surface area contributed by atoms with Gasteiger partial charge >= 0.3 is 6.09 Å². The number of nitrogen functional groups attached to an aromatic ring is 2. The van der Waals surface area contributed by atoms with Crippen LogP contribution in [0.4, 0.5) is 16.2 Å². The molecule has 0 unspecified atom stereocenters. The van der Waals surface area contributed by atoms with Crippen LogP contribution in [0.2, 0.25) is 0 Å². The standard InChI is InChI=1S/C24H21N3O2/c25-22-13-5-7-16(23(22)26)8-6-14-27-24(28)29-15-21-19-11-3-1-9-17(19)18-10-2-4-12-20(18)21/h1-5,7,9-13,21H,14-15,25-26H2,(H,27,28). The first-order chi connectivity index (χ1) is 14.1. The largest absolute Gasteiger partial charge is 0.449 e. The van der Waals surface area contributed by atoms with Crippen LogP contribution in [-0.4, -0.2) is 19.2 Å². The molecule has 1 aliphatic carbocycles. The molecule has 4 rings (SSSR count). The van der Waals surface area contributed by atoms with Gasteiger partial charge in [-0.15, -0.1) is 0 Å². The molecule has 5 nitrogen and oxygen atoms in total. The average Bonchev–Trinajstić information content (AvgIpc) is 3.06. The van der Waals surface area contributed by atoms with Crippen molar-refractivity contribution in [3.05, 3.63) is 83.4 Å². The van der Waals surface area contributed by atoms with Gasteiger partial charge in [-0.3, -0.25) is 0 Å². The number of hydrogen-bond donors (Lipinski definition) is 3. The van der Waals surface area contributed by atoms with Crippen molar-refractivity contribution in [3.63, 3.8) is 0 Å². The summed E-state index contributed by atoms with van der Waals surface area (Å²) in [7, 11) is 0. The Morgan fingerprint density at radius 3 is 2.28 bits per heavy atom. The molecule has 0 aromatic heterocycles. The van der Waals surface area contributed by atoms with Crippen LogP contribution >= 0.6 is 0 Å². The highest BCUT2D eigenvalue weighted by Gasteiger charge is 2.28. The van der Waals surface area contributed by atoms with Gasteiger partial charge in [0.05, 0.1) is 17.9 Å². The van der Waals surface area contributed by atoms with E-state index >= 15 is 0 Å². The molecule has 0 saturated heterocycles. The second kappa shape index (κ2) is 7.99. The maximum Gasteiger partial charge on any atom is 0.407 e. The van der Waals surface area contributed by atoms with E-state index in [0.29, 0.717) is 16.9 Å². The molecule has 3 aromatic carbocycles. The second-order valence-electron chi connectivity index (χ2n) is 6.79. The van der Waals surface area contributed by atoms with Gasteiger partial charge in [0, 0.05) is 11.5 Å². The third-order valence-corrected chi connectivity index (χ3v) is 5.03. The van der Waals surface area contributed by atoms with E-state index in [9.17, 15) is 4.79 Å². The number of nitrogens with two attached hydrogens (primary N) is 2. The van der Waals surface area contributed by atoms with Crippen molar-refractivity contribution in [3.8, 4) is 23.0 Å². The summed E-state index contributed by atoms with van der Waals surface area (Å²) < 4.78 is 5.47. The van der Waals surface area contributed by atoms with E-state index in [1.54, 1.807) is 18.2 Å². The molecule has 0 radical (unpaired) electrons. The quantitative estimate of drug-likeness (QED) is 0.475. The fraction of sp³-hybridized carbons (Fsp3) is 0.125. The van der Waals surface area contributed by atoms with Gasteiger partial charge in [0.2, 0.25) is 0 Å². The molecule has 1 aliphatic rings. The first-order valence-electron chi connectivity index (χ1n) is 9.37. The van der Waals surface area contributed by atoms with Crippen molar-refractivity contribution in [2.45, 2.75) is 5.92 Å². The summed E-state index contributed by atoms with van der Waals surface area (Å²) in [5.41, 5.74) is 18.0. The molecule has 0 aliphatic heterocycles. The lowest BCUT2D eigenvalue weighted by molar-refractivity contribution is 0.144. The zero-order valence-electron chi connectivity index (χ0n) is 15.8. The summed E-state index contributed by atoms with van der Waals surface area (Å²) in [6, 6.07) is 21.7. The molecular formula is C24H21N3O2. The molecule has 0 saturated carbocycles. The molecule has 0 bridgehead atoms. The van der Waals surface area contributed by atoms with Crippen LogP contribution in [0.3, 0.4) is 0 Å². The Bertz CT molecular complexity index is 1080. The molecule has 0 heterocycles. The van der Waals surface area contributed by atoms with E-state index < -0.39 is 6.09 Å². The minimum Gasteiger partial charge on any atom is -0.449 e. The number of amides is 1. The van der Waals surface area contributed by atoms with Crippen LogP contribution in [0.15, 0.2) is 66.7 Å². The Morgan fingerprint density at radius 1 is 0.931 bits per heavy atom. The highest BCUT2D eigenvalue weighted by Crippen LogP contribution is 2.44. The molecule has 5 heteroatoms. The minimum atomic E-state index is -0.498. The Hall–Kier alpha value is -3.91. The number of carbonyl (C=O) groups is 1. The highest BCUT2D eigenvalue weighted by molar-refractivity contribution is 5.79. The molecule has 0 fully saturated rings. The summed E-state index contributed by atoms with van der Waals surface area (Å²) in [6.07, 6.45) is -0.498. The van der Waals surface area contributed by atoms with Gasteiger partial charge in [0.25, 0.3) is 0 Å². The predicted octanol–water partition coefficient (Wildman–Crippen LogP) is 3.74. The number of para-hydroxylation sites is 1. The summed E-state index contributed by atoms with van der Waals surface area (Å²) >= 11 is 0. The molecule has 29 heavy (non-hydrogen) atoms. The molecule has 5 N–H and O–H groups in total. The summed E-state index contributed by atoms with van der Waals surface area (Å²) in [6.45, 7) is 0.431. The lowest BCUT2D eigenvalue weighted by Gasteiger charge is -2.14. The van der Waals surface area contributed by atoms with E-state index in [1.807, 2.05) is 24.3 Å². The Kier molecular flexibility index (Phi) is 5.08. The van der Waals surface area contributed by atoms with E-state index in [1.165, 1.54) is 22.3 Å². The van der Waals surface area contributed by atoms with Gasteiger partial charge in [-0.05, 0) is 34.4 Å². The van der Waals surface area contributed by atoms with Crippen LogP contribution in [-0.2, 0) is 4.74 Å². The number of rotatable bonds is 3. The molecule has 0 spiro atoms. The number of benzene rings is 3. The van der Waals surface area contributed by atoms with Crippen molar-refractivity contribution in [2.75, 3.05) is 24.6 Å². The number of ether oxygens (including phenoxy) is 1. The lowest BCUT2D eigenvalue weighted by Crippen LogP contribution is -2.26. The van der Waals surface area contributed by atoms with Crippen LogP contribution < -0.4 is 16.8 Å². The van der Waals surface area contributed by atoms with Crippen LogP contribution in [0, 0.1) is 11.8 Å². The SMILES string of the molecule is Nc1cccc(C#CCNC(=O)OCC2c3ccccc3-c3ccccc32)c1N. The maximum absolute atomic E-state index is 12.1. The van der Waals surface area contributed by atoms with Gasteiger partial charge in [0.1, 0.15) is 6.61 Å². The number of alkyl carbamates (subject to hydrolysis) is 1. The summed E-state index contributed by atoms with van der Waals surface area (Å²) in [4.78, 5) is 12.1.